The van der Waals surface area contributed by atoms with Crippen LogP contribution in [0.4, 0.5) is 34.1 Å². The highest BCUT2D eigenvalue weighted by Gasteiger charge is 2.42. The molecule has 176 valence electrons. The van der Waals surface area contributed by atoms with E-state index in [0.717, 1.165) is 27.6 Å². The summed E-state index contributed by atoms with van der Waals surface area (Å²) in [7, 11) is 0. The van der Waals surface area contributed by atoms with Crippen LogP contribution >= 0.6 is 0 Å². The quantitative estimate of drug-likeness (QED) is 0.172. The third-order valence-corrected chi connectivity index (χ3v) is 6.20. The van der Waals surface area contributed by atoms with Crippen molar-refractivity contribution in [2.75, 3.05) is 15.6 Å². The lowest BCUT2D eigenvalue weighted by Gasteiger charge is -2.31. The average Bonchev–Trinajstić information content (AvgIpc) is 3.26. The number of nitrogens with one attached hydrogen (secondary N) is 1. The Morgan fingerprint density at radius 3 is 1.83 bits per heavy atom. The molecule has 5 aromatic carbocycles. The van der Waals surface area contributed by atoms with E-state index >= 15 is 0 Å². The van der Waals surface area contributed by atoms with E-state index in [0.29, 0.717) is 11.4 Å². The Bertz CT molecular complexity index is 1720. The number of phenols is 1. The summed E-state index contributed by atoms with van der Waals surface area (Å²) in [6.07, 6.45) is 0. The summed E-state index contributed by atoms with van der Waals surface area (Å²) in [5.74, 6) is -1.00. The van der Waals surface area contributed by atoms with E-state index < -0.39 is 27.0 Å². The molecule has 0 unspecified atom stereocenters. The van der Waals surface area contributed by atoms with Gasteiger partial charge < -0.3 is 5.11 Å². The van der Waals surface area contributed by atoms with Gasteiger partial charge in [0.2, 0.25) is 0 Å². The minimum Gasteiger partial charge on any atom is -0.497 e. The van der Waals surface area contributed by atoms with E-state index in [-0.39, 0.29) is 11.4 Å². The molecule has 10 nitrogen and oxygen atoms in total. The number of anilines is 4. The lowest BCUT2D eigenvalue weighted by atomic mass is 10.1. The summed E-state index contributed by atoms with van der Waals surface area (Å²) in [5.41, 5.74) is 2.85. The molecule has 2 N–H and O–H groups in total. The van der Waals surface area contributed by atoms with Gasteiger partial charge in [-0.2, -0.15) is 5.12 Å². The van der Waals surface area contributed by atoms with Gasteiger partial charge in [-0.15, -0.1) is 0 Å². The maximum Gasteiger partial charge on any atom is 0.345 e. The molecule has 0 saturated carbocycles. The topological polar surface area (TPSA) is 125 Å². The van der Waals surface area contributed by atoms with Crippen molar-refractivity contribution in [3.05, 3.63) is 111 Å². The summed E-state index contributed by atoms with van der Waals surface area (Å²) in [6.45, 7) is 0. The molecule has 0 radical (unpaired) electrons. The van der Waals surface area contributed by atoms with Crippen LogP contribution in [0.25, 0.3) is 21.5 Å². The first-order valence-corrected chi connectivity index (χ1v) is 11.0. The summed E-state index contributed by atoms with van der Waals surface area (Å²) in [5, 5.41) is 41.2. The predicted molar refractivity (Wildman–Crippen MR) is 138 cm³/mol. The summed E-state index contributed by atoms with van der Waals surface area (Å²) < 4.78 is 0. The van der Waals surface area contributed by atoms with Crippen molar-refractivity contribution < 1.29 is 15.0 Å². The number of rotatable bonds is 4. The average molecular weight is 479 g/mol. The largest absolute Gasteiger partial charge is 0.497 e. The number of hydrogen-bond donors (Lipinski definition) is 2. The second-order valence-electron chi connectivity index (χ2n) is 8.30. The normalized spacial score (nSPS) is 12.6. The van der Waals surface area contributed by atoms with Crippen LogP contribution in [-0.2, 0) is 0 Å². The van der Waals surface area contributed by atoms with E-state index in [1.165, 1.54) is 0 Å². The van der Waals surface area contributed by atoms with E-state index in [9.17, 15) is 25.3 Å². The first-order chi connectivity index (χ1) is 17.4. The molecule has 0 aliphatic carbocycles. The number of fused-ring (bicyclic) bond motifs is 3. The summed E-state index contributed by atoms with van der Waals surface area (Å²) in [6, 6.07) is 27.8. The van der Waals surface area contributed by atoms with E-state index in [1.807, 2.05) is 78.9 Å². The Balaban J connectivity index is 1.62. The molecule has 6 rings (SSSR count). The van der Waals surface area contributed by atoms with Gasteiger partial charge in [0.1, 0.15) is 0 Å². The molecule has 36 heavy (non-hydrogen) atoms. The molecule has 0 spiro atoms. The number of aromatic hydroxyl groups is 1. The third-order valence-electron chi connectivity index (χ3n) is 6.20. The first kappa shape index (κ1) is 21.2. The van der Waals surface area contributed by atoms with Gasteiger partial charge in [-0.3, -0.25) is 25.7 Å². The number of nitro benzene ring substituents is 2. The standard InChI is InChI=1S/C26H17N5O5/c32-26-23(30(33)34)15-22-24(25(26)31(35)36)28(20-11-9-16-5-1-3-7-18(16)13-20)29(27-22)21-12-10-17-6-2-4-8-19(17)14-21/h1-15,27,32H. The molecule has 5 aromatic rings. The maximum absolute atomic E-state index is 12.1. The number of nitro groups is 2. The van der Waals surface area contributed by atoms with Crippen LogP contribution in [0.3, 0.4) is 0 Å². The van der Waals surface area contributed by atoms with Crippen molar-refractivity contribution in [1.82, 2.24) is 0 Å². The van der Waals surface area contributed by atoms with Crippen molar-refractivity contribution >= 4 is 55.7 Å². The van der Waals surface area contributed by atoms with Gasteiger partial charge in [-0.05, 0) is 45.8 Å². The Morgan fingerprint density at radius 2 is 1.25 bits per heavy atom. The number of nitrogens with zero attached hydrogens (tertiary/aromatic N) is 4. The zero-order chi connectivity index (χ0) is 25.0. The fraction of sp³-hybridized carbons (Fsp3) is 0. The molecule has 1 aliphatic rings. The number of phenolic OH excluding ortho intramolecular Hbond substituents is 1. The fourth-order valence-corrected chi connectivity index (χ4v) is 4.55. The summed E-state index contributed by atoms with van der Waals surface area (Å²) in [4.78, 5) is 22.0. The molecule has 1 heterocycles. The van der Waals surface area contributed by atoms with Crippen LogP contribution in [0.5, 0.6) is 5.75 Å². The van der Waals surface area contributed by atoms with Crippen LogP contribution in [0.1, 0.15) is 0 Å². The predicted octanol–water partition coefficient (Wildman–Crippen LogP) is 6.42. The van der Waals surface area contributed by atoms with Gasteiger partial charge in [0.05, 0.1) is 26.9 Å². The van der Waals surface area contributed by atoms with Gasteiger partial charge in [0.25, 0.3) is 5.75 Å². The molecule has 0 fully saturated rings. The SMILES string of the molecule is O=[N+]([O-])c1cc2c(c([N+](=O)[O-])c1O)N(c1ccc3ccccc3c1)N(c1ccc3ccccc3c1)N2. The molecule has 0 aromatic heterocycles. The zero-order valence-electron chi connectivity index (χ0n) is 18.5. The minimum atomic E-state index is -1.00. The van der Waals surface area contributed by atoms with Crippen molar-refractivity contribution in [2.45, 2.75) is 0 Å². The second kappa shape index (κ2) is 7.84. The van der Waals surface area contributed by atoms with Crippen molar-refractivity contribution in [1.29, 1.82) is 0 Å². The van der Waals surface area contributed by atoms with Gasteiger partial charge in [0, 0.05) is 6.07 Å². The van der Waals surface area contributed by atoms with Crippen LogP contribution in [0, 0.1) is 20.2 Å². The molecular formula is C26H17N5O5. The Morgan fingerprint density at radius 1 is 0.694 bits per heavy atom. The van der Waals surface area contributed by atoms with Gasteiger partial charge >= 0.3 is 11.4 Å². The first-order valence-electron chi connectivity index (χ1n) is 11.0. The van der Waals surface area contributed by atoms with Gasteiger partial charge in [-0.25, -0.2) is 5.01 Å². The Kier molecular flexibility index (Phi) is 4.61. The Labute approximate surface area is 203 Å². The fourth-order valence-electron chi connectivity index (χ4n) is 4.55. The smallest absolute Gasteiger partial charge is 0.345 e. The number of hydrazine groups is 2. The molecule has 0 atom stereocenters. The molecule has 1 aliphatic heterocycles. The van der Waals surface area contributed by atoms with Crippen molar-refractivity contribution in [2.24, 2.45) is 0 Å². The lowest BCUT2D eigenvalue weighted by molar-refractivity contribution is -0.395. The minimum absolute atomic E-state index is 0.00783. The van der Waals surface area contributed by atoms with E-state index in [1.54, 1.807) is 16.2 Å². The van der Waals surface area contributed by atoms with Crippen LogP contribution < -0.4 is 15.6 Å². The highest BCUT2D eigenvalue weighted by Crippen LogP contribution is 2.54. The monoisotopic (exact) mass is 479 g/mol. The maximum atomic E-state index is 12.1. The summed E-state index contributed by atoms with van der Waals surface area (Å²) >= 11 is 0. The molecular weight excluding hydrogens is 462 g/mol. The van der Waals surface area contributed by atoms with Crippen LogP contribution in [-0.4, -0.2) is 15.0 Å². The lowest BCUT2D eigenvalue weighted by Crippen LogP contribution is -2.38. The molecule has 10 heteroatoms. The van der Waals surface area contributed by atoms with Gasteiger partial charge in [0.15, 0.2) is 5.69 Å². The van der Waals surface area contributed by atoms with Crippen LogP contribution in [0.2, 0.25) is 0 Å². The molecule has 0 saturated heterocycles. The van der Waals surface area contributed by atoms with E-state index in [2.05, 4.69) is 5.43 Å². The van der Waals surface area contributed by atoms with Gasteiger partial charge in [-0.1, -0.05) is 60.7 Å². The second-order valence-corrected chi connectivity index (χ2v) is 8.30. The zero-order valence-corrected chi connectivity index (χ0v) is 18.5. The Hall–Kier alpha value is -5.38. The van der Waals surface area contributed by atoms with Crippen molar-refractivity contribution in [3.8, 4) is 5.75 Å². The van der Waals surface area contributed by atoms with E-state index in [4.69, 9.17) is 0 Å². The molecule has 0 amide bonds. The van der Waals surface area contributed by atoms with Crippen molar-refractivity contribution in [3.63, 3.8) is 0 Å². The highest BCUT2D eigenvalue weighted by molar-refractivity contribution is 5.99. The highest BCUT2D eigenvalue weighted by atomic mass is 16.6. The third kappa shape index (κ3) is 3.20. The number of hydrogen-bond acceptors (Lipinski definition) is 8. The van der Waals surface area contributed by atoms with Crippen LogP contribution in [0.15, 0.2) is 91.0 Å². The number of benzene rings is 5. The molecule has 0 bridgehead atoms.